The molecule has 0 heterocycles. The van der Waals surface area contributed by atoms with Crippen LogP contribution in [-0.4, -0.2) is 36.5 Å². The number of hydrogen-bond acceptors (Lipinski definition) is 6. The molecule has 14 heteroatoms. The first-order valence-corrected chi connectivity index (χ1v) is 2.57. The molecule has 0 aromatic rings. The SMILES string of the molecule is [Fe+5].[N-]=C=O.[N-]=C=O.[N-]=C=O.[N-]=C=O.[N-]=C=O.[N-]=C=O.[NH4+]. The molecule has 0 fully saturated rings. The molecule has 1 radical (unpaired) electrons. The first-order chi connectivity index (χ1) is 8.49. The number of isocyanates is 6. The first kappa shape index (κ1) is 54.2. The molecule has 0 aliphatic heterocycles. The Morgan fingerprint density at radius 3 is 0.400 bits per heavy atom. The maximum Gasteiger partial charge on any atom is 5.00 e. The van der Waals surface area contributed by atoms with E-state index in [4.69, 9.17) is 61.2 Å². The molecule has 0 aromatic heterocycles. The molecule has 0 spiro atoms. The van der Waals surface area contributed by atoms with Gasteiger partial charge in [0.25, 0.3) is 0 Å². The third-order valence-corrected chi connectivity index (χ3v) is 0. The van der Waals surface area contributed by atoms with Crippen LogP contribution in [0.15, 0.2) is 0 Å². The van der Waals surface area contributed by atoms with Crippen molar-refractivity contribution in [1.82, 2.24) is 6.15 Å². The third kappa shape index (κ3) is 266. The predicted octanol–water partition coefficient (Wildman–Crippen LogP) is -0.277. The predicted molar refractivity (Wildman–Crippen MR) is 60.3 cm³/mol. The minimum atomic E-state index is 0. The Bertz CT molecular complexity index is 255. The quantitative estimate of drug-likeness (QED) is 0.354. The molecular weight excluding hydrogens is 322 g/mol. The second-order valence-corrected chi connectivity index (χ2v) is 0.548. The molecule has 0 saturated heterocycles. The van der Waals surface area contributed by atoms with E-state index in [9.17, 15) is 0 Å². The monoisotopic (exact) mass is 326 g/mol. The van der Waals surface area contributed by atoms with Crippen LogP contribution in [0.2, 0.25) is 0 Å². The summed E-state index contributed by atoms with van der Waals surface area (Å²) in [5.74, 6) is 0. The second kappa shape index (κ2) is 451. The number of rotatable bonds is 0. The van der Waals surface area contributed by atoms with Gasteiger partial charge in [-0.3, -0.25) is 28.8 Å². The van der Waals surface area contributed by atoms with Crippen LogP contribution in [-0.2, 0) is 45.8 Å². The van der Waals surface area contributed by atoms with Gasteiger partial charge in [0.05, 0.1) is 0 Å². The molecule has 0 saturated carbocycles. The zero-order valence-electron chi connectivity index (χ0n) is 9.49. The van der Waals surface area contributed by atoms with Gasteiger partial charge in [0.1, 0.15) is 0 Å². The van der Waals surface area contributed by atoms with Crippen molar-refractivity contribution in [3.05, 3.63) is 32.5 Å². The molecule has 0 atom stereocenters. The van der Waals surface area contributed by atoms with Crippen molar-refractivity contribution in [3.63, 3.8) is 0 Å². The zero-order valence-corrected chi connectivity index (χ0v) is 10.6. The molecule has 0 aromatic carbocycles. The van der Waals surface area contributed by atoms with Crippen LogP contribution in [0.3, 0.4) is 0 Å². The summed E-state index contributed by atoms with van der Waals surface area (Å²) in [5, 5.41) is 40.6. The summed E-state index contributed by atoms with van der Waals surface area (Å²) >= 11 is 0. The fourth-order valence-electron chi connectivity index (χ4n) is 0. The van der Waals surface area contributed by atoms with Gasteiger partial charge < -0.3 is 38.6 Å². The van der Waals surface area contributed by atoms with Gasteiger partial charge in [0.15, 0.2) is 0 Å². The van der Waals surface area contributed by atoms with Gasteiger partial charge in [0.2, 0.25) is 0 Å². The van der Waals surface area contributed by atoms with Crippen LogP contribution in [0.4, 0.5) is 0 Å². The van der Waals surface area contributed by atoms with Crippen molar-refractivity contribution in [3.8, 4) is 0 Å². The second-order valence-electron chi connectivity index (χ2n) is 0.548. The van der Waals surface area contributed by atoms with E-state index < -0.39 is 0 Å². The van der Waals surface area contributed by atoms with Crippen LogP contribution in [0, 0.1) is 0 Å². The number of quaternary nitrogens is 1. The van der Waals surface area contributed by atoms with Gasteiger partial charge in [-0.05, 0) is 36.5 Å². The summed E-state index contributed by atoms with van der Waals surface area (Å²) in [6.45, 7) is 0. The average molecular weight is 326 g/mol. The standard InChI is InChI=1S/6CNO.Fe.H3N/c6*2-1-3;;/h;;;;;;;1H3/q6*-1;+5;/p+1. The van der Waals surface area contributed by atoms with Gasteiger partial charge in [-0.15, -0.1) is 0 Å². The Balaban J connectivity index is -0.0000000141. The first-order valence-electron chi connectivity index (χ1n) is 2.57. The van der Waals surface area contributed by atoms with E-state index >= 15 is 0 Å². The largest absolute Gasteiger partial charge is 5.00 e. The Labute approximate surface area is 121 Å². The maximum absolute atomic E-state index is 8.24. The molecule has 4 N–H and O–H groups in total. The summed E-state index contributed by atoms with van der Waals surface area (Å²) in [4.78, 5) is 49.4. The molecular formula is C6H4FeN7O6. The molecule has 0 aliphatic rings. The number of carbonyl (C=O) groups excluding carboxylic acids is 6. The molecule has 0 unspecified atom stereocenters. The van der Waals surface area contributed by atoms with E-state index in [2.05, 4.69) is 0 Å². The fourth-order valence-corrected chi connectivity index (χ4v) is 0. The van der Waals surface area contributed by atoms with Gasteiger partial charge in [0, 0.05) is 0 Å². The smallest absolute Gasteiger partial charge is 0.724 e. The molecule has 20 heavy (non-hydrogen) atoms. The Morgan fingerprint density at radius 2 is 0.400 bits per heavy atom. The van der Waals surface area contributed by atoms with E-state index in [1.54, 1.807) is 0 Å². The van der Waals surface area contributed by atoms with Crippen molar-refractivity contribution in [2.75, 3.05) is 0 Å². The van der Waals surface area contributed by atoms with Gasteiger partial charge in [-0.2, -0.15) is 0 Å². The summed E-state index contributed by atoms with van der Waals surface area (Å²) in [6.07, 6.45) is 3.00. The summed E-state index contributed by atoms with van der Waals surface area (Å²) in [7, 11) is 0. The van der Waals surface area contributed by atoms with E-state index in [0.29, 0.717) is 36.5 Å². The van der Waals surface area contributed by atoms with E-state index in [1.807, 2.05) is 0 Å². The van der Waals surface area contributed by atoms with Crippen LogP contribution < -0.4 is 6.15 Å². The summed E-state index contributed by atoms with van der Waals surface area (Å²) in [6, 6.07) is 0. The van der Waals surface area contributed by atoms with E-state index in [1.165, 1.54) is 0 Å². The molecule has 0 aliphatic carbocycles. The van der Waals surface area contributed by atoms with Crippen molar-refractivity contribution in [1.29, 1.82) is 0 Å². The Hall–Kier alpha value is -3.24. The van der Waals surface area contributed by atoms with Crippen LogP contribution in [0.5, 0.6) is 0 Å². The average Bonchev–Trinajstić information content (AvgIpc) is 2.23. The minimum absolute atomic E-state index is 0. The van der Waals surface area contributed by atoms with Crippen molar-refractivity contribution in [2.24, 2.45) is 0 Å². The molecule has 107 valence electrons. The topological polar surface area (TPSA) is 273 Å². The third-order valence-electron chi connectivity index (χ3n) is 0. The minimum Gasteiger partial charge on any atom is -0.724 e. The molecule has 0 rings (SSSR count). The maximum atomic E-state index is 8.24. The van der Waals surface area contributed by atoms with E-state index in [0.717, 1.165) is 0 Å². The van der Waals surface area contributed by atoms with Crippen molar-refractivity contribution >= 4 is 36.5 Å². The van der Waals surface area contributed by atoms with Gasteiger partial charge in [-0.25, -0.2) is 0 Å². The molecule has 0 bridgehead atoms. The van der Waals surface area contributed by atoms with Gasteiger partial charge >= 0.3 is 17.1 Å². The normalized spacial score (nSPS) is 2.40. The van der Waals surface area contributed by atoms with Gasteiger partial charge in [-0.1, -0.05) is 0 Å². The summed E-state index contributed by atoms with van der Waals surface area (Å²) in [5.41, 5.74) is 0. The molecule has 0 amide bonds. The fraction of sp³-hybridized carbons (Fsp3) is 0. The van der Waals surface area contributed by atoms with Crippen LogP contribution >= 0.6 is 0 Å². The van der Waals surface area contributed by atoms with Crippen LogP contribution in [0.25, 0.3) is 32.5 Å². The zero-order chi connectivity index (χ0) is 16.2. The number of nitrogens with zero attached hydrogens (tertiary/aromatic N) is 6. The van der Waals surface area contributed by atoms with Crippen molar-refractivity contribution in [2.45, 2.75) is 0 Å². The number of hydrogen-bond donors (Lipinski definition) is 1. The molecule has 13 nitrogen and oxygen atoms in total. The summed E-state index contributed by atoms with van der Waals surface area (Å²) < 4.78 is 0. The Morgan fingerprint density at radius 1 is 0.400 bits per heavy atom. The van der Waals surface area contributed by atoms with E-state index in [-0.39, 0.29) is 23.2 Å². The van der Waals surface area contributed by atoms with Crippen molar-refractivity contribution < 1.29 is 45.8 Å². The Kier molecular flexibility index (Phi) is 1220. The van der Waals surface area contributed by atoms with Crippen LogP contribution in [0.1, 0.15) is 0 Å².